The minimum absolute atomic E-state index is 0.0499. The van der Waals surface area contributed by atoms with Gasteiger partial charge < -0.3 is 15.6 Å². The SMILES string of the molecule is C[C@@H]1[C@H](N)[C@@H](C(=O)O)O[C@@H]1C. The molecular formula is C7H13NO3. The van der Waals surface area contributed by atoms with Gasteiger partial charge in [0, 0.05) is 12.0 Å². The second kappa shape index (κ2) is 2.79. The summed E-state index contributed by atoms with van der Waals surface area (Å²) < 4.78 is 5.12. The number of hydrogen-bond donors (Lipinski definition) is 2. The van der Waals surface area contributed by atoms with Crippen molar-refractivity contribution in [1.82, 2.24) is 0 Å². The summed E-state index contributed by atoms with van der Waals surface area (Å²) in [7, 11) is 0. The van der Waals surface area contributed by atoms with E-state index in [1.165, 1.54) is 0 Å². The highest BCUT2D eigenvalue weighted by atomic mass is 16.5. The lowest BCUT2D eigenvalue weighted by Crippen LogP contribution is -2.39. The Bertz CT molecular complexity index is 171. The van der Waals surface area contributed by atoms with Gasteiger partial charge in [-0.3, -0.25) is 0 Å². The van der Waals surface area contributed by atoms with Crippen LogP contribution in [-0.2, 0) is 9.53 Å². The van der Waals surface area contributed by atoms with Crippen molar-refractivity contribution in [2.24, 2.45) is 11.7 Å². The van der Waals surface area contributed by atoms with E-state index in [0.717, 1.165) is 0 Å². The summed E-state index contributed by atoms with van der Waals surface area (Å²) in [5, 5.41) is 8.61. The highest BCUT2D eigenvalue weighted by Gasteiger charge is 2.41. The van der Waals surface area contributed by atoms with Crippen LogP contribution in [0.3, 0.4) is 0 Å². The van der Waals surface area contributed by atoms with Gasteiger partial charge in [-0.05, 0) is 6.92 Å². The molecule has 4 atom stereocenters. The Morgan fingerprint density at radius 1 is 1.55 bits per heavy atom. The van der Waals surface area contributed by atoms with Gasteiger partial charge >= 0.3 is 5.97 Å². The molecule has 0 amide bonds. The van der Waals surface area contributed by atoms with E-state index in [1.54, 1.807) is 0 Å². The molecule has 0 aliphatic carbocycles. The first-order valence-corrected chi connectivity index (χ1v) is 3.68. The molecule has 1 rings (SSSR count). The Hall–Kier alpha value is -0.610. The second-order valence-electron chi connectivity index (χ2n) is 3.04. The van der Waals surface area contributed by atoms with Crippen LogP contribution in [0, 0.1) is 5.92 Å². The lowest BCUT2D eigenvalue weighted by molar-refractivity contribution is -0.149. The zero-order chi connectivity index (χ0) is 8.59. The summed E-state index contributed by atoms with van der Waals surface area (Å²) in [6, 6.07) is -0.373. The van der Waals surface area contributed by atoms with Gasteiger partial charge in [0.05, 0.1) is 6.10 Å². The maximum Gasteiger partial charge on any atom is 0.334 e. The maximum atomic E-state index is 10.5. The van der Waals surface area contributed by atoms with Crippen molar-refractivity contribution in [1.29, 1.82) is 0 Å². The maximum absolute atomic E-state index is 10.5. The summed E-state index contributed by atoms with van der Waals surface area (Å²) in [6.45, 7) is 3.74. The molecule has 1 heterocycles. The van der Waals surface area contributed by atoms with Crippen molar-refractivity contribution in [2.75, 3.05) is 0 Å². The number of rotatable bonds is 1. The molecule has 0 bridgehead atoms. The summed E-state index contributed by atoms with van der Waals surface area (Å²) in [5.41, 5.74) is 5.61. The van der Waals surface area contributed by atoms with Crippen molar-refractivity contribution < 1.29 is 14.6 Å². The van der Waals surface area contributed by atoms with E-state index < -0.39 is 12.1 Å². The largest absolute Gasteiger partial charge is 0.479 e. The number of carboxylic acid groups (broad SMARTS) is 1. The van der Waals surface area contributed by atoms with Gasteiger partial charge in [-0.2, -0.15) is 0 Å². The fourth-order valence-corrected chi connectivity index (χ4v) is 1.26. The quantitative estimate of drug-likeness (QED) is 0.556. The number of ether oxygens (including phenoxy) is 1. The standard InChI is InChI=1S/C7H13NO3/c1-3-4(2)11-6(5(3)8)7(9)10/h3-6H,8H2,1-2H3,(H,9,10)/t3-,4+,5-,6-/m0/s1. The molecule has 1 fully saturated rings. The molecule has 1 saturated heterocycles. The molecule has 0 aromatic rings. The normalized spacial score (nSPS) is 44.3. The van der Waals surface area contributed by atoms with E-state index in [4.69, 9.17) is 15.6 Å². The van der Waals surface area contributed by atoms with Crippen LogP contribution in [-0.4, -0.2) is 29.3 Å². The summed E-state index contributed by atoms with van der Waals surface area (Å²) >= 11 is 0. The van der Waals surface area contributed by atoms with Gasteiger partial charge in [-0.25, -0.2) is 4.79 Å². The van der Waals surface area contributed by atoms with Gasteiger partial charge in [0.25, 0.3) is 0 Å². The van der Waals surface area contributed by atoms with E-state index in [2.05, 4.69) is 0 Å². The Balaban J connectivity index is 2.67. The molecule has 0 saturated carbocycles. The molecule has 3 N–H and O–H groups in total. The van der Waals surface area contributed by atoms with E-state index in [0.29, 0.717) is 0 Å². The number of nitrogens with two attached hydrogens (primary N) is 1. The summed E-state index contributed by atoms with van der Waals surface area (Å²) in [6.07, 6.45) is -0.869. The highest BCUT2D eigenvalue weighted by Crippen LogP contribution is 2.24. The van der Waals surface area contributed by atoms with E-state index >= 15 is 0 Å². The molecule has 4 nitrogen and oxygen atoms in total. The molecule has 0 aromatic heterocycles. The first-order valence-electron chi connectivity index (χ1n) is 3.68. The van der Waals surface area contributed by atoms with Gasteiger partial charge in [0.15, 0.2) is 6.10 Å². The van der Waals surface area contributed by atoms with Crippen molar-refractivity contribution >= 4 is 5.97 Å². The van der Waals surface area contributed by atoms with Crippen molar-refractivity contribution in [3.05, 3.63) is 0 Å². The molecule has 0 spiro atoms. The predicted octanol–water partition coefficient (Wildman–Crippen LogP) is -0.178. The third kappa shape index (κ3) is 1.36. The lowest BCUT2D eigenvalue weighted by atomic mass is 9.98. The van der Waals surface area contributed by atoms with E-state index in [-0.39, 0.29) is 18.1 Å². The second-order valence-corrected chi connectivity index (χ2v) is 3.04. The number of hydrogen-bond acceptors (Lipinski definition) is 3. The lowest BCUT2D eigenvalue weighted by Gasteiger charge is -2.11. The predicted molar refractivity (Wildman–Crippen MR) is 39.1 cm³/mol. The third-order valence-corrected chi connectivity index (χ3v) is 2.30. The van der Waals surface area contributed by atoms with Crippen LogP contribution in [0.15, 0.2) is 0 Å². The average molecular weight is 159 g/mol. The summed E-state index contributed by atoms with van der Waals surface area (Å²) in [5.74, 6) is -0.843. The molecule has 0 radical (unpaired) electrons. The zero-order valence-electron chi connectivity index (χ0n) is 6.65. The fourth-order valence-electron chi connectivity index (χ4n) is 1.26. The first kappa shape index (κ1) is 8.49. The Morgan fingerprint density at radius 2 is 2.09 bits per heavy atom. The van der Waals surface area contributed by atoms with E-state index in [1.807, 2.05) is 13.8 Å². The molecule has 1 aliphatic rings. The van der Waals surface area contributed by atoms with Crippen LogP contribution in [0.4, 0.5) is 0 Å². The zero-order valence-corrected chi connectivity index (χ0v) is 6.65. The molecule has 4 heteroatoms. The fraction of sp³-hybridized carbons (Fsp3) is 0.857. The van der Waals surface area contributed by atoms with Gasteiger partial charge in [-0.15, -0.1) is 0 Å². The Kier molecular flexibility index (Phi) is 2.15. The number of carboxylic acids is 1. The van der Waals surface area contributed by atoms with E-state index in [9.17, 15) is 4.79 Å². The van der Waals surface area contributed by atoms with Crippen LogP contribution in [0.25, 0.3) is 0 Å². The Labute approximate surface area is 65.3 Å². The average Bonchev–Trinajstić information content (AvgIpc) is 2.17. The highest BCUT2D eigenvalue weighted by molar-refractivity contribution is 5.73. The Morgan fingerprint density at radius 3 is 2.27 bits per heavy atom. The van der Waals surface area contributed by atoms with Gasteiger partial charge in [0.1, 0.15) is 0 Å². The van der Waals surface area contributed by atoms with Gasteiger partial charge in [0.2, 0.25) is 0 Å². The molecule has 0 aromatic carbocycles. The van der Waals surface area contributed by atoms with Crippen LogP contribution in [0.2, 0.25) is 0 Å². The topological polar surface area (TPSA) is 72.6 Å². The van der Waals surface area contributed by atoms with Crippen LogP contribution in [0.5, 0.6) is 0 Å². The molecular weight excluding hydrogens is 146 g/mol. The molecule has 11 heavy (non-hydrogen) atoms. The number of aliphatic carboxylic acids is 1. The van der Waals surface area contributed by atoms with Crippen LogP contribution in [0.1, 0.15) is 13.8 Å². The molecule has 64 valence electrons. The van der Waals surface area contributed by atoms with Gasteiger partial charge in [-0.1, -0.05) is 6.92 Å². The smallest absolute Gasteiger partial charge is 0.334 e. The van der Waals surface area contributed by atoms with Crippen molar-refractivity contribution in [2.45, 2.75) is 32.1 Å². The van der Waals surface area contributed by atoms with Crippen molar-refractivity contribution in [3.63, 3.8) is 0 Å². The third-order valence-electron chi connectivity index (χ3n) is 2.30. The number of carbonyl (C=O) groups is 1. The van der Waals surface area contributed by atoms with Crippen molar-refractivity contribution in [3.8, 4) is 0 Å². The first-order chi connectivity index (χ1) is 5.04. The van der Waals surface area contributed by atoms with Crippen LogP contribution < -0.4 is 5.73 Å². The summed E-state index contributed by atoms with van der Waals surface area (Å²) in [4.78, 5) is 10.5. The monoisotopic (exact) mass is 159 g/mol. The van der Waals surface area contributed by atoms with Crippen LogP contribution >= 0.6 is 0 Å². The minimum atomic E-state index is -0.964. The minimum Gasteiger partial charge on any atom is -0.479 e. The molecule has 1 aliphatic heterocycles. The molecule has 0 unspecified atom stereocenters.